The Labute approximate surface area is 210 Å². The monoisotopic (exact) mass is 550 g/mol. The number of aliphatic imine (C=N–C) groups is 1. The third-order valence-electron chi connectivity index (χ3n) is 5.94. The van der Waals surface area contributed by atoms with E-state index >= 15 is 0 Å². The Kier molecular flexibility index (Phi) is 11.2. The molecule has 1 aliphatic rings. The van der Waals surface area contributed by atoms with Gasteiger partial charge < -0.3 is 15.5 Å². The van der Waals surface area contributed by atoms with Crippen molar-refractivity contribution in [2.24, 2.45) is 4.99 Å². The molecule has 2 N–H and O–H groups in total. The Morgan fingerprint density at radius 2 is 1.91 bits per heavy atom. The van der Waals surface area contributed by atoms with Crippen molar-refractivity contribution in [3.63, 3.8) is 0 Å². The molecular weight excluding hydrogens is 511 g/mol. The summed E-state index contributed by atoms with van der Waals surface area (Å²) < 4.78 is 0. The summed E-state index contributed by atoms with van der Waals surface area (Å²) in [4.78, 5) is 14.2. The molecule has 1 saturated heterocycles. The fourth-order valence-electron chi connectivity index (χ4n) is 3.80. The number of aryl methyl sites for hydroxylation is 1. The van der Waals surface area contributed by atoms with Crippen LogP contribution in [-0.2, 0) is 6.54 Å². The number of hydrogen-bond donors (Lipinski definition) is 2. The lowest BCUT2D eigenvalue weighted by Gasteiger charge is -2.34. The zero-order valence-electron chi connectivity index (χ0n) is 19.9. The number of hydrogen-bond acceptors (Lipinski definition) is 4. The van der Waals surface area contributed by atoms with Crippen LogP contribution in [0.25, 0.3) is 0 Å². The van der Waals surface area contributed by atoms with Crippen molar-refractivity contribution in [1.82, 2.24) is 20.5 Å². The summed E-state index contributed by atoms with van der Waals surface area (Å²) >= 11 is 0. The first kappa shape index (κ1) is 26.4. The van der Waals surface area contributed by atoms with Gasteiger partial charge in [0.1, 0.15) is 5.82 Å². The molecule has 32 heavy (non-hydrogen) atoms. The van der Waals surface area contributed by atoms with Crippen LogP contribution in [0, 0.1) is 6.92 Å². The summed E-state index contributed by atoms with van der Waals surface area (Å²) in [5.41, 5.74) is 2.54. The summed E-state index contributed by atoms with van der Waals surface area (Å²) in [7, 11) is 2.17. The number of guanidine groups is 1. The maximum absolute atomic E-state index is 4.88. The first-order valence-corrected chi connectivity index (χ1v) is 11.5. The number of piperidine rings is 1. The number of anilines is 1. The standard InChI is InChI=1S/C25H38N6.HI/c1-5-26-25(28-18-21(3)30(4)19-22-9-7-6-8-10-22)29-23-13-15-31(16-14-23)24-12-11-20(2)17-27-24;/h6-12,17,21,23H,5,13-16,18-19H2,1-4H3,(H2,26,28,29);1H. The van der Waals surface area contributed by atoms with Gasteiger partial charge in [-0.3, -0.25) is 9.89 Å². The van der Waals surface area contributed by atoms with Crippen molar-refractivity contribution >= 4 is 35.8 Å². The highest BCUT2D eigenvalue weighted by Gasteiger charge is 2.21. The Morgan fingerprint density at radius 3 is 2.53 bits per heavy atom. The zero-order valence-corrected chi connectivity index (χ0v) is 22.3. The predicted molar refractivity (Wildman–Crippen MR) is 146 cm³/mol. The smallest absolute Gasteiger partial charge is 0.191 e. The minimum atomic E-state index is 0. The summed E-state index contributed by atoms with van der Waals surface area (Å²) in [6.45, 7) is 11.0. The molecule has 1 unspecified atom stereocenters. The second kappa shape index (κ2) is 13.6. The molecule has 0 aliphatic carbocycles. The van der Waals surface area contributed by atoms with Crippen LogP contribution in [0.5, 0.6) is 0 Å². The molecule has 2 aromatic rings. The fourth-order valence-corrected chi connectivity index (χ4v) is 3.80. The van der Waals surface area contributed by atoms with Crippen molar-refractivity contribution in [2.45, 2.75) is 52.2 Å². The largest absolute Gasteiger partial charge is 0.357 e. The maximum atomic E-state index is 4.88. The molecule has 2 heterocycles. The lowest BCUT2D eigenvalue weighted by Crippen LogP contribution is -2.49. The number of pyridine rings is 1. The molecule has 1 atom stereocenters. The molecule has 0 saturated carbocycles. The first-order valence-electron chi connectivity index (χ1n) is 11.5. The first-order chi connectivity index (χ1) is 15.0. The predicted octanol–water partition coefficient (Wildman–Crippen LogP) is 4.05. The van der Waals surface area contributed by atoms with Gasteiger partial charge in [-0.15, -0.1) is 24.0 Å². The van der Waals surface area contributed by atoms with E-state index in [1.807, 2.05) is 6.20 Å². The minimum Gasteiger partial charge on any atom is -0.357 e. The van der Waals surface area contributed by atoms with Crippen LogP contribution in [0.15, 0.2) is 53.7 Å². The van der Waals surface area contributed by atoms with Gasteiger partial charge in [-0.05, 0) is 57.9 Å². The van der Waals surface area contributed by atoms with Gasteiger partial charge in [-0.1, -0.05) is 36.4 Å². The van der Waals surface area contributed by atoms with Crippen molar-refractivity contribution < 1.29 is 0 Å². The number of benzene rings is 1. The second-order valence-electron chi connectivity index (χ2n) is 8.57. The number of nitrogens with zero attached hydrogens (tertiary/aromatic N) is 4. The van der Waals surface area contributed by atoms with E-state index in [0.29, 0.717) is 12.1 Å². The molecule has 1 fully saturated rings. The van der Waals surface area contributed by atoms with Crippen LogP contribution in [0.4, 0.5) is 5.82 Å². The Bertz CT molecular complexity index is 803. The third-order valence-corrected chi connectivity index (χ3v) is 5.94. The molecule has 0 bridgehead atoms. The van der Waals surface area contributed by atoms with E-state index in [2.05, 4.69) is 95.7 Å². The molecule has 3 rings (SSSR count). The molecule has 1 aromatic heterocycles. The number of likely N-dealkylation sites (N-methyl/N-ethyl adjacent to an activating group) is 1. The SMILES string of the molecule is CCNC(=NCC(C)N(C)Cc1ccccc1)NC1CCN(c2ccc(C)cn2)CC1.I. The van der Waals surface area contributed by atoms with Crippen LogP contribution in [-0.4, -0.2) is 61.2 Å². The van der Waals surface area contributed by atoms with Crippen LogP contribution >= 0.6 is 24.0 Å². The van der Waals surface area contributed by atoms with Gasteiger partial charge in [0.15, 0.2) is 5.96 Å². The van der Waals surface area contributed by atoms with Crippen LogP contribution in [0.1, 0.15) is 37.8 Å². The zero-order chi connectivity index (χ0) is 22.1. The fraction of sp³-hybridized carbons (Fsp3) is 0.520. The van der Waals surface area contributed by atoms with E-state index < -0.39 is 0 Å². The highest BCUT2D eigenvalue weighted by molar-refractivity contribution is 14.0. The number of halogens is 1. The summed E-state index contributed by atoms with van der Waals surface area (Å²) in [5.74, 6) is 2.01. The molecule has 1 aromatic carbocycles. The number of aromatic nitrogens is 1. The Hall–Kier alpha value is -1.87. The average Bonchev–Trinajstić information content (AvgIpc) is 2.79. The Morgan fingerprint density at radius 1 is 1.19 bits per heavy atom. The molecule has 1 aliphatic heterocycles. The van der Waals surface area contributed by atoms with E-state index in [0.717, 1.165) is 57.3 Å². The van der Waals surface area contributed by atoms with E-state index in [1.54, 1.807) is 0 Å². The van der Waals surface area contributed by atoms with Gasteiger partial charge in [0, 0.05) is 44.5 Å². The van der Waals surface area contributed by atoms with E-state index in [4.69, 9.17) is 4.99 Å². The summed E-state index contributed by atoms with van der Waals surface area (Å²) in [6, 6.07) is 15.7. The van der Waals surface area contributed by atoms with Gasteiger partial charge in [0.25, 0.3) is 0 Å². The molecule has 0 radical (unpaired) electrons. The van der Waals surface area contributed by atoms with Crippen molar-refractivity contribution in [3.8, 4) is 0 Å². The topological polar surface area (TPSA) is 55.8 Å². The van der Waals surface area contributed by atoms with Crippen molar-refractivity contribution in [3.05, 3.63) is 59.8 Å². The molecule has 176 valence electrons. The van der Waals surface area contributed by atoms with Crippen LogP contribution < -0.4 is 15.5 Å². The maximum Gasteiger partial charge on any atom is 0.191 e. The van der Waals surface area contributed by atoms with Crippen LogP contribution in [0.3, 0.4) is 0 Å². The van der Waals surface area contributed by atoms with Gasteiger partial charge in [-0.2, -0.15) is 0 Å². The summed E-state index contributed by atoms with van der Waals surface area (Å²) in [6.07, 6.45) is 4.12. The van der Waals surface area contributed by atoms with Gasteiger partial charge in [0.2, 0.25) is 0 Å². The molecular formula is C25H39IN6. The van der Waals surface area contributed by atoms with Crippen molar-refractivity contribution in [1.29, 1.82) is 0 Å². The van der Waals surface area contributed by atoms with Gasteiger partial charge in [0.05, 0.1) is 6.54 Å². The lowest BCUT2D eigenvalue weighted by molar-refractivity contribution is 0.255. The highest BCUT2D eigenvalue weighted by atomic mass is 127. The molecule has 0 spiro atoms. The Balaban J connectivity index is 0.00000363. The number of rotatable bonds is 8. The van der Waals surface area contributed by atoms with Gasteiger partial charge in [-0.25, -0.2) is 4.98 Å². The highest BCUT2D eigenvalue weighted by Crippen LogP contribution is 2.18. The van der Waals surface area contributed by atoms with E-state index in [9.17, 15) is 0 Å². The normalized spacial score (nSPS) is 15.9. The van der Waals surface area contributed by atoms with Gasteiger partial charge >= 0.3 is 0 Å². The second-order valence-corrected chi connectivity index (χ2v) is 8.57. The van der Waals surface area contributed by atoms with Crippen LogP contribution in [0.2, 0.25) is 0 Å². The third kappa shape index (κ3) is 8.24. The minimum absolute atomic E-state index is 0. The number of nitrogens with one attached hydrogen (secondary N) is 2. The molecule has 7 heteroatoms. The van der Waals surface area contributed by atoms with E-state index in [-0.39, 0.29) is 24.0 Å². The van der Waals surface area contributed by atoms with Crippen molar-refractivity contribution in [2.75, 3.05) is 38.1 Å². The molecule has 0 amide bonds. The molecule has 6 nitrogen and oxygen atoms in total. The lowest BCUT2D eigenvalue weighted by atomic mass is 10.1. The quantitative estimate of drug-likeness (QED) is 0.295. The van der Waals surface area contributed by atoms with E-state index in [1.165, 1.54) is 11.1 Å². The summed E-state index contributed by atoms with van der Waals surface area (Å²) in [5, 5.41) is 7.07. The average molecular weight is 551 g/mol.